The van der Waals surface area contributed by atoms with E-state index in [9.17, 15) is 9.59 Å². The number of unbranched alkanes of at least 4 members (excludes halogenated alkanes) is 3. The molecule has 2 amide bonds. The van der Waals surface area contributed by atoms with E-state index in [1.807, 2.05) is 9.80 Å². The molecule has 0 aromatic carbocycles. The Balaban J connectivity index is 1.42. The SMILES string of the molecule is CCCCCCN1CC2(CCN(C(=O)CC3CNCCO3)CC2)OC1=O. The molecule has 0 radical (unpaired) electrons. The first kappa shape index (κ1) is 19.4. The van der Waals surface area contributed by atoms with Gasteiger partial charge in [0.25, 0.3) is 0 Å². The van der Waals surface area contributed by atoms with Crippen LogP contribution in [-0.4, -0.2) is 79.4 Å². The second kappa shape index (κ2) is 9.04. The molecule has 7 nitrogen and oxygen atoms in total. The molecule has 3 aliphatic rings. The van der Waals surface area contributed by atoms with Gasteiger partial charge in [0.2, 0.25) is 5.91 Å². The minimum absolute atomic E-state index is 0.0185. The van der Waals surface area contributed by atoms with E-state index in [-0.39, 0.29) is 23.7 Å². The number of morpholine rings is 1. The molecule has 1 N–H and O–H groups in total. The first-order valence-electron chi connectivity index (χ1n) is 10.2. The minimum Gasteiger partial charge on any atom is -0.441 e. The summed E-state index contributed by atoms with van der Waals surface area (Å²) in [5, 5.41) is 3.26. The van der Waals surface area contributed by atoms with Crippen molar-refractivity contribution in [3.63, 3.8) is 0 Å². The number of amides is 2. The molecule has 3 fully saturated rings. The molecule has 0 aromatic heterocycles. The van der Waals surface area contributed by atoms with E-state index in [0.717, 1.165) is 45.3 Å². The molecule has 1 spiro atoms. The highest BCUT2D eigenvalue weighted by Gasteiger charge is 2.47. The van der Waals surface area contributed by atoms with Gasteiger partial charge in [-0.15, -0.1) is 0 Å². The highest BCUT2D eigenvalue weighted by Crippen LogP contribution is 2.33. The van der Waals surface area contributed by atoms with Crippen molar-refractivity contribution in [2.75, 3.05) is 45.9 Å². The van der Waals surface area contributed by atoms with Gasteiger partial charge in [-0.25, -0.2) is 4.79 Å². The van der Waals surface area contributed by atoms with Crippen LogP contribution < -0.4 is 5.32 Å². The van der Waals surface area contributed by atoms with E-state index >= 15 is 0 Å². The van der Waals surface area contributed by atoms with Gasteiger partial charge in [-0.2, -0.15) is 0 Å². The molecule has 0 aliphatic carbocycles. The van der Waals surface area contributed by atoms with Gasteiger partial charge in [-0.1, -0.05) is 26.2 Å². The number of carbonyl (C=O) groups excluding carboxylic acids is 2. The number of nitrogens with zero attached hydrogens (tertiary/aromatic N) is 2. The van der Waals surface area contributed by atoms with Gasteiger partial charge in [0, 0.05) is 45.6 Å². The van der Waals surface area contributed by atoms with Crippen molar-refractivity contribution in [3.8, 4) is 0 Å². The van der Waals surface area contributed by atoms with Crippen molar-refractivity contribution in [1.29, 1.82) is 0 Å². The second-order valence-corrected chi connectivity index (χ2v) is 7.82. The Hall–Kier alpha value is -1.34. The van der Waals surface area contributed by atoms with E-state index in [4.69, 9.17) is 9.47 Å². The fourth-order valence-corrected chi connectivity index (χ4v) is 4.09. The second-order valence-electron chi connectivity index (χ2n) is 7.82. The standard InChI is InChI=1S/C19H33N3O4/c1-2-3-4-5-9-22-15-19(26-18(22)24)6-10-21(11-7-19)17(23)13-16-14-20-8-12-25-16/h16,20H,2-15H2,1H3. The Bertz CT molecular complexity index is 485. The van der Waals surface area contributed by atoms with Crippen molar-refractivity contribution in [2.24, 2.45) is 0 Å². The number of rotatable bonds is 7. The minimum atomic E-state index is -0.387. The number of carbonyl (C=O) groups is 2. The predicted octanol–water partition coefficient (Wildman–Crippen LogP) is 1.76. The lowest BCUT2D eigenvalue weighted by atomic mass is 9.91. The van der Waals surface area contributed by atoms with Gasteiger partial charge in [-0.3, -0.25) is 4.79 Å². The summed E-state index contributed by atoms with van der Waals surface area (Å²) in [6, 6.07) is 0. The molecule has 0 aromatic rings. The smallest absolute Gasteiger partial charge is 0.410 e. The molecule has 0 saturated carbocycles. The van der Waals surface area contributed by atoms with Crippen molar-refractivity contribution in [1.82, 2.24) is 15.1 Å². The van der Waals surface area contributed by atoms with Crippen LogP contribution in [0.15, 0.2) is 0 Å². The third-order valence-corrected chi connectivity index (χ3v) is 5.76. The van der Waals surface area contributed by atoms with Gasteiger partial charge >= 0.3 is 6.09 Å². The average molecular weight is 367 g/mol. The zero-order valence-electron chi connectivity index (χ0n) is 16.0. The highest BCUT2D eigenvalue weighted by molar-refractivity contribution is 5.77. The zero-order chi connectivity index (χ0) is 18.4. The van der Waals surface area contributed by atoms with Crippen LogP contribution in [0.5, 0.6) is 0 Å². The van der Waals surface area contributed by atoms with Crippen LogP contribution in [0.25, 0.3) is 0 Å². The van der Waals surface area contributed by atoms with Gasteiger partial charge in [0.1, 0.15) is 5.60 Å². The zero-order valence-corrected chi connectivity index (χ0v) is 16.0. The summed E-state index contributed by atoms with van der Waals surface area (Å²) in [6.07, 6.45) is 6.32. The van der Waals surface area contributed by atoms with E-state index in [1.54, 1.807) is 0 Å². The van der Waals surface area contributed by atoms with Crippen LogP contribution in [0.4, 0.5) is 4.79 Å². The monoisotopic (exact) mass is 367 g/mol. The van der Waals surface area contributed by atoms with Crippen LogP contribution >= 0.6 is 0 Å². The third kappa shape index (κ3) is 4.88. The molecule has 3 saturated heterocycles. The molecule has 3 rings (SSSR count). The van der Waals surface area contributed by atoms with Crippen molar-refractivity contribution >= 4 is 12.0 Å². The molecule has 26 heavy (non-hydrogen) atoms. The van der Waals surface area contributed by atoms with Crippen LogP contribution in [0.3, 0.4) is 0 Å². The van der Waals surface area contributed by atoms with Crippen molar-refractivity contribution < 1.29 is 19.1 Å². The van der Waals surface area contributed by atoms with Crippen LogP contribution in [-0.2, 0) is 14.3 Å². The lowest BCUT2D eigenvalue weighted by molar-refractivity contribution is -0.138. The third-order valence-electron chi connectivity index (χ3n) is 5.76. The van der Waals surface area contributed by atoms with Gasteiger partial charge < -0.3 is 24.6 Å². The van der Waals surface area contributed by atoms with E-state index < -0.39 is 0 Å². The Morgan fingerprint density at radius 2 is 2.08 bits per heavy atom. The summed E-state index contributed by atoms with van der Waals surface area (Å²) in [4.78, 5) is 28.4. The maximum absolute atomic E-state index is 12.5. The molecule has 3 aliphatic heterocycles. The molecule has 1 atom stereocenters. The number of piperidine rings is 1. The molecular formula is C19H33N3O4. The summed E-state index contributed by atoms with van der Waals surface area (Å²) in [5.41, 5.74) is -0.387. The summed E-state index contributed by atoms with van der Waals surface area (Å²) in [5.74, 6) is 0.147. The Labute approximate surface area is 156 Å². The fraction of sp³-hybridized carbons (Fsp3) is 0.895. The van der Waals surface area contributed by atoms with Gasteiger partial charge in [0.05, 0.1) is 25.7 Å². The Morgan fingerprint density at radius 1 is 1.27 bits per heavy atom. The lowest BCUT2D eigenvalue weighted by Crippen LogP contribution is -2.50. The van der Waals surface area contributed by atoms with Crippen molar-refractivity contribution in [3.05, 3.63) is 0 Å². The number of hydrogen-bond donors (Lipinski definition) is 1. The highest BCUT2D eigenvalue weighted by atomic mass is 16.6. The van der Waals surface area contributed by atoms with Gasteiger partial charge in [-0.05, 0) is 6.42 Å². The summed E-state index contributed by atoms with van der Waals surface area (Å²) in [7, 11) is 0. The first-order chi connectivity index (χ1) is 12.6. The van der Waals surface area contributed by atoms with Crippen LogP contribution in [0, 0.1) is 0 Å². The van der Waals surface area contributed by atoms with Gasteiger partial charge in [0.15, 0.2) is 0 Å². The molecular weight excluding hydrogens is 334 g/mol. The van der Waals surface area contributed by atoms with Crippen LogP contribution in [0.1, 0.15) is 51.9 Å². The predicted molar refractivity (Wildman–Crippen MR) is 98.0 cm³/mol. The quantitative estimate of drug-likeness (QED) is 0.694. The van der Waals surface area contributed by atoms with E-state index in [1.165, 1.54) is 12.8 Å². The number of hydrogen-bond acceptors (Lipinski definition) is 5. The topological polar surface area (TPSA) is 71.1 Å². The van der Waals surface area contributed by atoms with E-state index in [2.05, 4.69) is 12.2 Å². The average Bonchev–Trinajstić information content (AvgIpc) is 2.95. The lowest BCUT2D eigenvalue weighted by Gasteiger charge is -2.38. The molecule has 0 bridgehead atoms. The van der Waals surface area contributed by atoms with E-state index in [0.29, 0.717) is 32.7 Å². The summed E-state index contributed by atoms with van der Waals surface area (Å²) >= 11 is 0. The maximum atomic E-state index is 12.5. The molecule has 1 unspecified atom stereocenters. The Morgan fingerprint density at radius 3 is 2.77 bits per heavy atom. The summed E-state index contributed by atoms with van der Waals surface area (Å²) < 4.78 is 11.4. The Kier molecular flexibility index (Phi) is 6.75. The number of likely N-dealkylation sites (tertiary alicyclic amines) is 1. The number of nitrogens with one attached hydrogen (secondary N) is 1. The normalized spacial score (nSPS) is 25.6. The first-order valence-corrected chi connectivity index (χ1v) is 10.2. The molecule has 3 heterocycles. The maximum Gasteiger partial charge on any atom is 0.410 e. The largest absolute Gasteiger partial charge is 0.441 e. The van der Waals surface area contributed by atoms with Crippen LogP contribution in [0.2, 0.25) is 0 Å². The number of ether oxygens (including phenoxy) is 2. The summed E-state index contributed by atoms with van der Waals surface area (Å²) in [6.45, 7) is 7.25. The molecule has 7 heteroatoms. The van der Waals surface area contributed by atoms with Crippen molar-refractivity contribution in [2.45, 2.75) is 63.6 Å². The fourth-order valence-electron chi connectivity index (χ4n) is 4.09. The molecule has 148 valence electrons.